The number of para-hydroxylation sites is 1. The second-order valence-electron chi connectivity index (χ2n) is 8.71. The molecule has 2 saturated heterocycles. The third kappa shape index (κ3) is 4.27. The first-order chi connectivity index (χ1) is 15.6. The molecule has 0 saturated carbocycles. The van der Waals surface area contributed by atoms with Gasteiger partial charge in [0, 0.05) is 39.1 Å². The van der Waals surface area contributed by atoms with Gasteiger partial charge in [-0.05, 0) is 24.6 Å². The number of benzene rings is 2. The van der Waals surface area contributed by atoms with Crippen LogP contribution < -0.4 is 0 Å². The molecule has 3 heterocycles. The van der Waals surface area contributed by atoms with E-state index in [9.17, 15) is 9.59 Å². The van der Waals surface area contributed by atoms with Crippen molar-refractivity contribution in [3.63, 3.8) is 0 Å². The molecular formula is C25H28N4O2S. The Labute approximate surface area is 192 Å². The van der Waals surface area contributed by atoms with Crippen LogP contribution in [0.3, 0.4) is 0 Å². The first-order valence-electron chi connectivity index (χ1n) is 11.3. The molecular weight excluding hydrogens is 420 g/mol. The molecule has 32 heavy (non-hydrogen) atoms. The van der Waals surface area contributed by atoms with E-state index in [1.54, 1.807) is 11.3 Å². The standard InChI is InChI=1S/C25H28N4O2S/c1-18(19-7-3-2-4-8-19)29-16-20(15-24(29)30)25(31)28-13-11-27(12-14-28)17-23-26-21-9-5-6-10-22(21)32-23/h2-10,18,20H,11-17H2,1H3/t18-,20-/m0/s1. The number of hydrogen-bond acceptors (Lipinski definition) is 5. The highest BCUT2D eigenvalue weighted by molar-refractivity contribution is 7.18. The lowest BCUT2D eigenvalue weighted by atomic mass is 10.1. The average molecular weight is 449 g/mol. The second-order valence-corrected chi connectivity index (χ2v) is 9.83. The number of carbonyl (C=O) groups is 2. The molecule has 2 fully saturated rings. The predicted octanol–water partition coefficient (Wildman–Crippen LogP) is 3.55. The first kappa shape index (κ1) is 21.1. The van der Waals surface area contributed by atoms with Gasteiger partial charge in [0.25, 0.3) is 0 Å². The Morgan fingerprint density at radius 2 is 1.78 bits per heavy atom. The average Bonchev–Trinajstić information content (AvgIpc) is 3.42. The van der Waals surface area contributed by atoms with Crippen molar-refractivity contribution < 1.29 is 9.59 Å². The number of carbonyl (C=O) groups excluding carboxylic acids is 2. The van der Waals surface area contributed by atoms with Gasteiger partial charge in [-0.1, -0.05) is 42.5 Å². The van der Waals surface area contributed by atoms with Crippen LogP contribution in [0.2, 0.25) is 0 Å². The molecule has 2 aliphatic rings. The molecule has 6 nitrogen and oxygen atoms in total. The fraction of sp³-hybridized carbons (Fsp3) is 0.400. The predicted molar refractivity (Wildman–Crippen MR) is 126 cm³/mol. The Balaban J connectivity index is 1.15. The van der Waals surface area contributed by atoms with Crippen LogP contribution in [0.1, 0.15) is 30.0 Å². The van der Waals surface area contributed by atoms with Crippen LogP contribution in [0.25, 0.3) is 10.2 Å². The number of thiazole rings is 1. The third-order valence-corrected chi connectivity index (χ3v) is 7.66. The van der Waals surface area contributed by atoms with E-state index in [1.165, 1.54) is 4.70 Å². The quantitative estimate of drug-likeness (QED) is 0.599. The lowest BCUT2D eigenvalue weighted by Gasteiger charge is -2.35. The fourth-order valence-corrected chi connectivity index (χ4v) is 5.76. The highest BCUT2D eigenvalue weighted by Crippen LogP contribution is 2.30. The monoisotopic (exact) mass is 448 g/mol. The summed E-state index contributed by atoms with van der Waals surface area (Å²) in [4.78, 5) is 36.7. The minimum Gasteiger partial charge on any atom is -0.340 e. The largest absolute Gasteiger partial charge is 0.340 e. The van der Waals surface area contributed by atoms with Crippen molar-refractivity contribution in [1.82, 2.24) is 19.7 Å². The van der Waals surface area contributed by atoms with Gasteiger partial charge >= 0.3 is 0 Å². The lowest BCUT2D eigenvalue weighted by Crippen LogP contribution is -2.50. The number of rotatable bonds is 5. The van der Waals surface area contributed by atoms with Crippen molar-refractivity contribution in [3.05, 3.63) is 65.2 Å². The van der Waals surface area contributed by atoms with E-state index >= 15 is 0 Å². The number of nitrogens with zero attached hydrogens (tertiary/aromatic N) is 4. The molecule has 2 aliphatic heterocycles. The summed E-state index contributed by atoms with van der Waals surface area (Å²) in [5.74, 6) is -0.0283. The van der Waals surface area contributed by atoms with Crippen LogP contribution in [-0.4, -0.2) is 64.2 Å². The Kier molecular flexibility index (Phi) is 5.93. The van der Waals surface area contributed by atoms with Crippen molar-refractivity contribution in [1.29, 1.82) is 0 Å². The van der Waals surface area contributed by atoms with E-state index in [-0.39, 0.29) is 23.8 Å². The smallest absolute Gasteiger partial charge is 0.228 e. The summed E-state index contributed by atoms with van der Waals surface area (Å²) in [5.41, 5.74) is 2.17. The molecule has 2 aromatic carbocycles. The highest BCUT2D eigenvalue weighted by Gasteiger charge is 2.39. The zero-order valence-corrected chi connectivity index (χ0v) is 19.1. The molecule has 3 aromatic rings. The van der Waals surface area contributed by atoms with Crippen molar-refractivity contribution >= 4 is 33.4 Å². The van der Waals surface area contributed by atoms with Crippen molar-refractivity contribution in [2.75, 3.05) is 32.7 Å². The molecule has 0 bridgehead atoms. The Morgan fingerprint density at radius 3 is 2.53 bits per heavy atom. The first-order valence-corrected chi connectivity index (χ1v) is 12.1. The maximum Gasteiger partial charge on any atom is 0.228 e. The maximum atomic E-state index is 13.2. The topological polar surface area (TPSA) is 56.8 Å². The van der Waals surface area contributed by atoms with Crippen LogP contribution in [0, 0.1) is 5.92 Å². The Hall–Kier alpha value is -2.77. The maximum absolute atomic E-state index is 13.2. The Bertz CT molecular complexity index is 1070. The zero-order valence-electron chi connectivity index (χ0n) is 18.3. The van der Waals surface area contributed by atoms with Crippen LogP contribution in [0.15, 0.2) is 54.6 Å². The van der Waals surface area contributed by atoms with Gasteiger partial charge in [-0.25, -0.2) is 4.98 Å². The van der Waals surface area contributed by atoms with E-state index in [2.05, 4.69) is 17.0 Å². The highest BCUT2D eigenvalue weighted by atomic mass is 32.1. The second kappa shape index (κ2) is 9.00. The fourth-order valence-electron chi connectivity index (χ4n) is 4.75. The zero-order chi connectivity index (χ0) is 22.1. The molecule has 1 aromatic heterocycles. The van der Waals surface area contributed by atoms with E-state index in [0.29, 0.717) is 26.1 Å². The van der Waals surface area contributed by atoms with Crippen LogP contribution in [0.5, 0.6) is 0 Å². The van der Waals surface area contributed by atoms with Gasteiger partial charge in [0.1, 0.15) is 5.01 Å². The van der Waals surface area contributed by atoms with Gasteiger partial charge < -0.3 is 9.80 Å². The Morgan fingerprint density at radius 1 is 1.06 bits per heavy atom. The van der Waals surface area contributed by atoms with Crippen LogP contribution >= 0.6 is 11.3 Å². The summed E-state index contributed by atoms with van der Waals surface area (Å²) in [5, 5.41) is 1.12. The molecule has 0 unspecified atom stereocenters. The van der Waals surface area contributed by atoms with Crippen molar-refractivity contribution in [2.45, 2.75) is 25.9 Å². The molecule has 2 atom stereocenters. The summed E-state index contributed by atoms with van der Waals surface area (Å²) >= 11 is 1.74. The minimum atomic E-state index is -0.232. The summed E-state index contributed by atoms with van der Waals surface area (Å²) < 4.78 is 1.22. The van der Waals surface area contributed by atoms with E-state index in [0.717, 1.165) is 35.7 Å². The summed E-state index contributed by atoms with van der Waals surface area (Å²) in [6.45, 7) is 6.48. The van der Waals surface area contributed by atoms with Gasteiger partial charge in [-0.3, -0.25) is 14.5 Å². The van der Waals surface area contributed by atoms with E-state index in [4.69, 9.17) is 4.98 Å². The van der Waals surface area contributed by atoms with Crippen LogP contribution in [-0.2, 0) is 16.1 Å². The SMILES string of the molecule is C[C@@H](c1ccccc1)N1C[C@@H](C(=O)N2CCN(Cc3nc4ccccc4s3)CC2)CC1=O. The van der Waals surface area contributed by atoms with Gasteiger partial charge in [-0.2, -0.15) is 0 Å². The number of likely N-dealkylation sites (tertiary alicyclic amines) is 1. The normalized spacial score (nSPS) is 20.8. The number of amides is 2. The number of piperazine rings is 1. The summed E-state index contributed by atoms with van der Waals surface area (Å²) in [6.07, 6.45) is 0.321. The molecule has 5 rings (SSSR count). The number of fused-ring (bicyclic) bond motifs is 1. The molecule has 0 N–H and O–H groups in total. The van der Waals surface area contributed by atoms with E-state index < -0.39 is 0 Å². The molecule has 166 valence electrons. The molecule has 0 radical (unpaired) electrons. The molecule has 7 heteroatoms. The number of aromatic nitrogens is 1. The number of hydrogen-bond donors (Lipinski definition) is 0. The van der Waals surface area contributed by atoms with Gasteiger partial charge in [0.15, 0.2) is 0 Å². The van der Waals surface area contributed by atoms with Gasteiger partial charge in [0.2, 0.25) is 11.8 Å². The van der Waals surface area contributed by atoms with Crippen molar-refractivity contribution in [2.24, 2.45) is 5.92 Å². The summed E-state index contributed by atoms with van der Waals surface area (Å²) in [7, 11) is 0. The lowest BCUT2D eigenvalue weighted by molar-refractivity contribution is -0.137. The third-order valence-electron chi connectivity index (χ3n) is 6.64. The molecule has 0 aliphatic carbocycles. The van der Waals surface area contributed by atoms with Crippen LogP contribution in [0.4, 0.5) is 0 Å². The van der Waals surface area contributed by atoms with Crippen molar-refractivity contribution in [3.8, 4) is 0 Å². The molecule has 2 amide bonds. The summed E-state index contributed by atoms with van der Waals surface area (Å²) in [6, 6.07) is 18.3. The van der Waals surface area contributed by atoms with Gasteiger partial charge in [-0.15, -0.1) is 11.3 Å². The van der Waals surface area contributed by atoms with E-state index in [1.807, 2.05) is 59.2 Å². The van der Waals surface area contributed by atoms with Gasteiger partial charge in [0.05, 0.1) is 28.7 Å². The molecule has 0 spiro atoms. The minimum absolute atomic E-state index is 0.00726.